The first-order valence-electron chi connectivity index (χ1n) is 6.92. The number of carboxylic acid groups (broad SMARTS) is 2. The Morgan fingerprint density at radius 3 is 2.55 bits per heavy atom. The normalized spacial score (nSPS) is 21.0. The third kappa shape index (κ3) is 2.86. The first kappa shape index (κ1) is 16.5. The van der Waals surface area contributed by atoms with Crippen molar-refractivity contribution in [2.24, 2.45) is 0 Å². The van der Waals surface area contributed by atoms with Crippen molar-refractivity contribution in [1.82, 2.24) is 0 Å². The van der Waals surface area contributed by atoms with E-state index in [4.69, 9.17) is 0 Å². The van der Waals surface area contributed by atoms with Gasteiger partial charge in [0.2, 0.25) is 0 Å². The van der Waals surface area contributed by atoms with Crippen molar-refractivity contribution in [2.45, 2.75) is 25.2 Å². The molecule has 1 aromatic carbocycles. The fourth-order valence-electron chi connectivity index (χ4n) is 2.81. The zero-order valence-corrected chi connectivity index (χ0v) is 13.8. The van der Waals surface area contributed by atoms with Crippen molar-refractivity contribution in [3.05, 3.63) is 58.7 Å². The molecule has 0 fully saturated rings. The third-order valence-corrected chi connectivity index (χ3v) is 4.45. The van der Waals surface area contributed by atoms with E-state index in [-0.39, 0.29) is 12.0 Å². The van der Waals surface area contributed by atoms with E-state index in [0.717, 1.165) is 5.56 Å². The fraction of sp³-hybridized carbons (Fsp3) is 0.294. The lowest BCUT2D eigenvalue weighted by Gasteiger charge is -2.32. The van der Waals surface area contributed by atoms with Crippen molar-refractivity contribution in [3.63, 3.8) is 0 Å². The number of hydrogen-bond donors (Lipinski definition) is 2. The van der Waals surface area contributed by atoms with Crippen LogP contribution in [-0.4, -0.2) is 27.5 Å². The molecule has 1 unspecified atom stereocenters. The van der Waals surface area contributed by atoms with Crippen LogP contribution in [-0.2, 0) is 21.4 Å². The minimum Gasteiger partial charge on any atom is -0.480 e. The van der Waals surface area contributed by atoms with Crippen molar-refractivity contribution in [3.8, 4) is 0 Å². The number of allylic oxidation sites excluding steroid dienone is 2. The molecule has 1 aliphatic carbocycles. The highest BCUT2D eigenvalue weighted by atomic mass is 79.9. The summed E-state index contributed by atoms with van der Waals surface area (Å²) in [5.74, 6) is -2.09. The Hall–Kier alpha value is -1.88. The van der Waals surface area contributed by atoms with Gasteiger partial charge in [-0.25, -0.2) is 4.79 Å². The zero-order valence-electron chi connectivity index (χ0n) is 12.2. The van der Waals surface area contributed by atoms with Gasteiger partial charge in [0.05, 0.1) is 0 Å². The Morgan fingerprint density at radius 1 is 1.27 bits per heavy atom. The zero-order chi connectivity index (χ0) is 16.3. The Balaban J connectivity index is 2.60. The molecule has 1 aromatic rings. The van der Waals surface area contributed by atoms with Crippen molar-refractivity contribution in [2.75, 3.05) is 5.33 Å². The van der Waals surface area contributed by atoms with Gasteiger partial charge >= 0.3 is 11.9 Å². The van der Waals surface area contributed by atoms with Crippen LogP contribution >= 0.6 is 15.9 Å². The molecule has 5 heteroatoms. The number of carboxylic acids is 2. The summed E-state index contributed by atoms with van der Waals surface area (Å²) in [5, 5.41) is 19.9. The molecule has 0 heterocycles. The molecular formula is C17H17BrO4. The van der Waals surface area contributed by atoms with Gasteiger partial charge in [0.25, 0.3) is 0 Å². The highest BCUT2D eigenvalue weighted by molar-refractivity contribution is 9.09. The average molecular weight is 365 g/mol. The Labute approximate surface area is 137 Å². The predicted octanol–water partition coefficient (Wildman–Crippen LogP) is 3.31. The maximum absolute atomic E-state index is 12.0. The molecule has 1 atom stereocenters. The fourth-order valence-corrected chi connectivity index (χ4v) is 3.24. The van der Waals surface area contributed by atoms with Crippen LogP contribution in [0.15, 0.2) is 47.6 Å². The predicted molar refractivity (Wildman–Crippen MR) is 87.3 cm³/mol. The van der Waals surface area contributed by atoms with Crippen LogP contribution in [0.3, 0.4) is 0 Å². The monoisotopic (exact) mass is 364 g/mol. The van der Waals surface area contributed by atoms with Gasteiger partial charge in [0, 0.05) is 17.3 Å². The van der Waals surface area contributed by atoms with Crippen LogP contribution in [0, 0.1) is 0 Å². The number of hydrogen-bond acceptors (Lipinski definition) is 2. The minimum atomic E-state index is -1.33. The Kier molecular flexibility index (Phi) is 4.86. The molecule has 1 aliphatic rings. The molecule has 22 heavy (non-hydrogen) atoms. The number of benzene rings is 1. The summed E-state index contributed by atoms with van der Waals surface area (Å²) in [5.41, 5.74) is 0.993. The molecular weight excluding hydrogens is 348 g/mol. The molecule has 0 spiro atoms. The molecule has 116 valence electrons. The summed E-state index contributed by atoms with van der Waals surface area (Å²) < 4.78 is 0. The lowest BCUT2D eigenvalue weighted by Crippen LogP contribution is -2.38. The summed E-state index contributed by atoms with van der Waals surface area (Å²) in [6, 6.07) is 7.32. The number of alkyl halides is 1. The van der Waals surface area contributed by atoms with Crippen molar-refractivity contribution in [1.29, 1.82) is 0 Å². The molecule has 4 nitrogen and oxygen atoms in total. The number of rotatable bonds is 5. The van der Waals surface area contributed by atoms with Crippen LogP contribution in [0.5, 0.6) is 0 Å². The number of aliphatic carboxylic acids is 2. The lowest BCUT2D eigenvalue weighted by molar-refractivity contribution is -0.142. The molecule has 0 bridgehead atoms. The summed E-state index contributed by atoms with van der Waals surface area (Å²) in [4.78, 5) is 23.5. The van der Waals surface area contributed by atoms with Crippen molar-refractivity contribution < 1.29 is 19.8 Å². The first-order valence-corrected chi connectivity index (χ1v) is 8.04. The van der Waals surface area contributed by atoms with Gasteiger partial charge in [-0.2, -0.15) is 0 Å². The highest BCUT2D eigenvalue weighted by Gasteiger charge is 2.43. The summed E-state index contributed by atoms with van der Waals surface area (Å²) in [7, 11) is 0. The molecule has 0 saturated heterocycles. The van der Waals surface area contributed by atoms with Crippen LogP contribution < -0.4 is 0 Å². The van der Waals surface area contributed by atoms with Crippen molar-refractivity contribution >= 4 is 27.9 Å². The molecule has 0 aromatic heterocycles. The molecule has 2 N–H and O–H groups in total. The van der Waals surface area contributed by atoms with Crippen LogP contribution in [0.1, 0.15) is 24.5 Å². The van der Waals surface area contributed by atoms with Gasteiger partial charge < -0.3 is 10.2 Å². The second kappa shape index (κ2) is 6.48. The standard InChI is InChI=1S/C17H17BrO4/c1-11-6-8-17(16(21)22,10-13(11)15(19)20)14-5-3-2-4-12(14)7-9-18/h2-6,8H,7,9-10H2,1H3,(H,19,20)(H,21,22). The molecule has 0 aliphatic heterocycles. The van der Waals surface area contributed by atoms with Crippen LogP contribution in [0.25, 0.3) is 0 Å². The quantitative estimate of drug-likeness (QED) is 0.786. The van der Waals surface area contributed by atoms with E-state index in [1.165, 1.54) is 0 Å². The maximum atomic E-state index is 12.0. The Morgan fingerprint density at radius 2 is 1.95 bits per heavy atom. The van der Waals surface area contributed by atoms with E-state index in [1.54, 1.807) is 31.2 Å². The number of carbonyl (C=O) groups is 2. The van der Waals surface area contributed by atoms with E-state index in [9.17, 15) is 19.8 Å². The van der Waals surface area contributed by atoms with Crippen LogP contribution in [0.4, 0.5) is 0 Å². The largest absolute Gasteiger partial charge is 0.480 e. The van der Waals surface area contributed by atoms with E-state index in [0.29, 0.717) is 22.9 Å². The smallest absolute Gasteiger partial charge is 0.331 e. The highest BCUT2D eigenvalue weighted by Crippen LogP contribution is 2.40. The van der Waals surface area contributed by atoms with E-state index < -0.39 is 17.4 Å². The van der Waals surface area contributed by atoms with Gasteiger partial charge in [0.15, 0.2) is 0 Å². The minimum absolute atomic E-state index is 0.0424. The number of aryl methyl sites for hydroxylation is 1. The molecule has 0 saturated carbocycles. The topological polar surface area (TPSA) is 74.6 Å². The molecule has 0 amide bonds. The van der Waals surface area contributed by atoms with Gasteiger partial charge in [-0.3, -0.25) is 4.79 Å². The first-order chi connectivity index (χ1) is 10.4. The Bertz CT molecular complexity index is 675. The average Bonchev–Trinajstić information content (AvgIpc) is 2.48. The van der Waals surface area contributed by atoms with Gasteiger partial charge in [-0.05, 0) is 30.0 Å². The van der Waals surface area contributed by atoms with E-state index in [1.807, 2.05) is 12.1 Å². The SMILES string of the molecule is CC1=C(C(=O)O)CC(C(=O)O)(c2ccccc2CCBr)C=C1. The summed E-state index contributed by atoms with van der Waals surface area (Å²) in [6.45, 7) is 1.69. The lowest BCUT2D eigenvalue weighted by atomic mass is 9.70. The molecule has 0 radical (unpaired) electrons. The molecule has 2 rings (SSSR count). The van der Waals surface area contributed by atoms with Gasteiger partial charge in [-0.1, -0.05) is 52.3 Å². The summed E-state index contributed by atoms with van der Waals surface area (Å²) >= 11 is 3.37. The number of halogens is 1. The van der Waals surface area contributed by atoms with Gasteiger partial charge in [0.1, 0.15) is 5.41 Å². The maximum Gasteiger partial charge on any atom is 0.331 e. The van der Waals surface area contributed by atoms with Crippen LogP contribution in [0.2, 0.25) is 0 Å². The van der Waals surface area contributed by atoms with E-state index >= 15 is 0 Å². The second-order valence-corrected chi connectivity index (χ2v) is 6.14. The van der Waals surface area contributed by atoms with E-state index in [2.05, 4.69) is 15.9 Å². The third-order valence-electron chi connectivity index (χ3n) is 4.05. The summed E-state index contributed by atoms with van der Waals surface area (Å²) in [6.07, 6.45) is 3.86. The van der Waals surface area contributed by atoms with Gasteiger partial charge in [-0.15, -0.1) is 0 Å². The second-order valence-electron chi connectivity index (χ2n) is 5.35.